The van der Waals surface area contributed by atoms with Gasteiger partial charge in [-0.2, -0.15) is 12.6 Å². The number of hydrogen-bond acceptors (Lipinski definition) is 3. The molecule has 0 aromatic heterocycles. The number of nitrogens with two attached hydrogens (primary N) is 1. The fourth-order valence-corrected chi connectivity index (χ4v) is 1.02. The highest BCUT2D eigenvalue weighted by Crippen LogP contribution is 2.20. The average Bonchev–Trinajstić information content (AvgIpc) is 2.16. The highest BCUT2D eigenvalue weighted by molar-refractivity contribution is 7.80. The Morgan fingerprint density at radius 2 is 2.31 bits per heavy atom. The first-order valence-electron chi connectivity index (χ1n) is 3.81. The topological polar surface area (TPSA) is 35.2 Å². The second-order valence-electron chi connectivity index (χ2n) is 2.42. The van der Waals surface area contributed by atoms with Crippen molar-refractivity contribution in [2.45, 2.75) is 0 Å². The van der Waals surface area contributed by atoms with Crippen molar-refractivity contribution in [2.24, 2.45) is 0 Å². The van der Waals surface area contributed by atoms with Crippen molar-refractivity contribution < 1.29 is 4.74 Å². The van der Waals surface area contributed by atoms with E-state index in [-0.39, 0.29) is 0 Å². The molecular formula is C10H11NOS. The Hall–Kier alpha value is -1.27. The third-order valence-electron chi connectivity index (χ3n) is 1.53. The van der Waals surface area contributed by atoms with Crippen LogP contribution in [0.15, 0.2) is 18.2 Å². The number of methoxy groups -OCH3 is 1. The summed E-state index contributed by atoms with van der Waals surface area (Å²) < 4.78 is 5.12. The van der Waals surface area contributed by atoms with Gasteiger partial charge in [0, 0.05) is 11.8 Å². The van der Waals surface area contributed by atoms with Crippen LogP contribution in [0.2, 0.25) is 0 Å². The zero-order chi connectivity index (χ0) is 9.68. The number of rotatable bonds is 1. The van der Waals surface area contributed by atoms with Gasteiger partial charge in [-0.3, -0.25) is 0 Å². The van der Waals surface area contributed by atoms with E-state index in [1.54, 1.807) is 19.2 Å². The molecule has 13 heavy (non-hydrogen) atoms. The zero-order valence-corrected chi connectivity index (χ0v) is 8.27. The van der Waals surface area contributed by atoms with Crippen molar-refractivity contribution in [3.05, 3.63) is 23.8 Å². The van der Waals surface area contributed by atoms with Crippen LogP contribution in [0.3, 0.4) is 0 Å². The van der Waals surface area contributed by atoms with Crippen molar-refractivity contribution in [1.29, 1.82) is 0 Å². The van der Waals surface area contributed by atoms with Gasteiger partial charge in [0.25, 0.3) is 0 Å². The second-order valence-corrected chi connectivity index (χ2v) is 2.74. The minimum atomic E-state index is 0.535. The van der Waals surface area contributed by atoms with Gasteiger partial charge in [-0.05, 0) is 12.1 Å². The molecule has 0 aliphatic carbocycles. The van der Waals surface area contributed by atoms with Gasteiger partial charge in [-0.1, -0.05) is 11.8 Å². The summed E-state index contributed by atoms with van der Waals surface area (Å²) in [6, 6.07) is 5.39. The van der Waals surface area contributed by atoms with Gasteiger partial charge in [-0.25, -0.2) is 0 Å². The van der Waals surface area contributed by atoms with E-state index in [0.717, 1.165) is 5.56 Å². The Labute approximate surface area is 83.5 Å². The van der Waals surface area contributed by atoms with Gasteiger partial charge in [0.05, 0.1) is 18.4 Å². The Balaban J connectivity index is 3.06. The third kappa shape index (κ3) is 2.60. The molecule has 0 atom stereocenters. The predicted octanol–water partition coefficient (Wildman–Crippen LogP) is 1.56. The van der Waals surface area contributed by atoms with E-state index < -0.39 is 0 Å². The van der Waals surface area contributed by atoms with Crippen molar-refractivity contribution in [3.63, 3.8) is 0 Å². The number of nitrogen functional groups attached to an aromatic ring is 1. The molecule has 0 bridgehead atoms. The van der Waals surface area contributed by atoms with Crippen LogP contribution in [0.1, 0.15) is 5.56 Å². The Morgan fingerprint density at radius 3 is 2.92 bits per heavy atom. The van der Waals surface area contributed by atoms with E-state index in [1.807, 2.05) is 6.07 Å². The van der Waals surface area contributed by atoms with Crippen LogP contribution in [-0.4, -0.2) is 12.9 Å². The molecule has 0 aliphatic heterocycles. The fourth-order valence-electron chi connectivity index (χ4n) is 0.946. The van der Waals surface area contributed by atoms with Crippen molar-refractivity contribution in [2.75, 3.05) is 18.6 Å². The summed E-state index contributed by atoms with van der Waals surface area (Å²) in [5, 5.41) is 0. The van der Waals surface area contributed by atoms with Crippen LogP contribution in [0.4, 0.5) is 5.69 Å². The molecule has 0 aliphatic rings. The molecule has 2 N–H and O–H groups in total. The van der Waals surface area contributed by atoms with Gasteiger partial charge >= 0.3 is 0 Å². The van der Waals surface area contributed by atoms with E-state index in [1.165, 1.54) is 0 Å². The molecule has 0 saturated carbocycles. The SMILES string of the molecule is COc1cc(N)ccc1C#CCS. The first-order valence-corrected chi connectivity index (χ1v) is 4.44. The van der Waals surface area contributed by atoms with E-state index in [4.69, 9.17) is 10.5 Å². The molecule has 0 radical (unpaired) electrons. The molecule has 3 heteroatoms. The molecule has 2 nitrogen and oxygen atoms in total. The molecule has 0 heterocycles. The standard InChI is InChI=1S/C10H11NOS/c1-12-10-7-9(11)5-4-8(10)3-2-6-13/h4-5,7,13H,6,11H2,1H3. The normalized spacial score (nSPS) is 8.77. The highest BCUT2D eigenvalue weighted by Gasteiger charge is 1.98. The van der Waals surface area contributed by atoms with E-state index in [9.17, 15) is 0 Å². The molecule has 0 unspecified atom stereocenters. The van der Waals surface area contributed by atoms with E-state index in [2.05, 4.69) is 24.5 Å². The minimum absolute atomic E-state index is 0.535. The molecule has 1 aromatic carbocycles. The highest BCUT2D eigenvalue weighted by atomic mass is 32.1. The summed E-state index contributed by atoms with van der Waals surface area (Å²) in [6.45, 7) is 0. The van der Waals surface area contributed by atoms with Crippen LogP contribution in [-0.2, 0) is 0 Å². The van der Waals surface area contributed by atoms with Crippen LogP contribution in [0.5, 0.6) is 5.75 Å². The lowest BCUT2D eigenvalue weighted by molar-refractivity contribution is 0.414. The van der Waals surface area contributed by atoms with Gasteiger partial charge < -0.3 is 10.5 Å². The molecule has 0 saturated heterocycles. The van der Waals surface area contributed by atoms with E-state index >= 15 is 0 Å². The number of anilines is 1. The summed E-state index contributed by atoms with van der Waals surface area (Å²) >= 11 is 4.00. The van der Waals surface area contributed by atoms with Gasteiger partial charge in [0.2, 0.25) is 0 Å². The van der Waals surface area contributed by atoms with Crippen LogP contribution in [0, 0.1) is 11.8 Å². The molecule has 0 amide bonds. The van der Waals surface area contributed by atoms with Gasteiger partial charge in [0.15, 0.2) is 0 Å². The fraction of sp³-hybridized carbons (Fsp3) is 0.200. The lowest BCUT2D eigenvalue weighted by Gasteiger charge is -2.03. The molecule has 68 valence electrons. The monoisotopic (exact) mass is 193 g/mol. The maximum absolute atomic E-state index is 5.59. The van der Waals surface area contributed by atoms with Crippen molar-refractivity contribution in [3.8, 4) is 17.6 Å². The Bertz CT molecular complexity index is 352. The van der Waals surface area contributed by atoms with Crippen molar-refractivity contribution in [1.82, 2.24) is 0 Å². The molecular weight excluding hydrogens is 182 g/mol. The third-order valence-corrected chi connectivity index (χ3v) is 1.69. The lowest BCUT2D eigenvalue weighted by atomic mass is 10.2. The summed E-state index contributed by atoms with van der Waals surface area (Å²) in [4.78, 5) is 0. The maximum atomic E-state index is 5.59. The minimum Gasteiger partial charge on any atom is -0.495 e. The Morgan fingerprint density at radius 1 is 1.54 bits per heavy atom. The van der Waals surface area contributed by atoms with Gasteiger partial charge in [0.1, 0.15) is 5.75 Å². The van der Waals surface area contributed by atoms with Crippen LogP contribution < -0.4 is 10.5 Å². The lowest BCUT2D eigenvalue weighted by Crippen LogP contribution is -1.91. The number of thiol groups is 1. The largest absolute Gasteiger partial charge is 0.495 e. The summed E-state index contributed by atoms with van der Waals surface area (Å²) in [5.74, 6) is 7.02. The number of benzene rings is 1. The van der Waals surface area contributed by atoms with Crippen LogP contribution in [0.25, 0.3) is 0 Å². The first kappa shape index (κ1) is 9.82. The van der Waals surface area contributed by atoms with Crippen LogP contribution >= 0.6 is 12.6 Å². The zero-order valence-electron chi connectivity index (χ0n) is 7.37. The summed E-state index contributed by atoms with van der Waals surface area (Å²) in [6.07, 6.45) is 0. The number of ether oxygens (including phenoxy) is 1. The molecule has 0 fully saturated rings. The van der Waals surface area contributed by atoms with Gasteiger partial charge in [-0.15, -0.1) is 0 Å². The molecule has 0 spiro atoms. The average molecular weight is 193 g/mol. The first-order chi connectivity index (χ1) is 6.27. The van der Waals surface area contributed by atoms with Crippen molar-refractivity contribution >= 4 is 18.3 Å². The maximum Gasteiger partial charge on any atom is 0.136 e. The smallest absolute Gasteiger partial charge is 0.136 e. The summed E-state index contributed by atoms with van der Waals surface area (Å²) in [5.41, 5.74) is 7.10. The molecule has 1 rings (SSSR count). The molecule has 1 aromatic rings. The summed E-state index contributed by atoms with van der Waals surface area (Å²) in [7, 11) is 1.60. The Kier molecular flexibility index (Phi) is 3.53. The second kappa shape index (κ2) is 4.68. The van der Waals surface area contributed by atoms with E-state index in [0.29, 0.717) is 17.2 Å². The number of hydrogen-bond donors (Lipinski definition) is 2. The predicted molar refractivity (Wildman–Crippen MR) is 58.1 cm³/mol. The quantitative estimate of drug-likeness (QED) is 0.403.